The van der Waals surface area contributed by atoms with Crippen LogP contribution in [0.25, 0.3) is 0 Å². The van der Waals surface area contributed by atoms with Crippen molar-refractivity contribution in [3.8, 4) is 0 Å². The molecule has 2 rings (SSSR count). The number of hydrogen-bond acceptors (Lipinski definition) is 3. The minimum Gasteiger partial charge on any atom is -0.399 e. The van der Waals surface area contributed by atoms with Crippen molar-refractivity contribution < 1.29 is 9.59 Å². The Labute approximate surface area is 119 Å². The molecule has 2 atom stereocenters. The predicted octanol–water partition coefficient (Wildman–Crippen LogP) is 2.75. The molecule has 4 heteroatoms. The lowest BCUT2D eigenvalue weighted by atomic mass is 9.78. The van der Waals surface area contributed by atoms with Gasteiger partial charge in [-0.25, -0.2) is 0 Å². The number of carbonyl (C=O) groups excluding carboxylic acids is 2. The van der Waals surface area contributed by atoms with Gasteiger partial charge >= 0.3 is 0 Å². The number of carbonyl (C=O) groups is 2. The van der Waals surface area contributed by atoms with E-state index in [1.807, 2.05) is 39.8 Å². The minimum atomic E-state index is -0.584. The van der Waals surface area contributed by atoms with Crippen LogP contribution in [0.1, 0.15) is 45.7 Å². The topological polar surface area (TPSA) is 63.4 Å². The highest BCUT2D eigenvalue weighted by atomic mass is 16.2. The van der Waals surface area contributed by atoms with E-state index in [2.05, 4.69) is 0 Å². The summed E-state index contributed by atoms with van der Waals surface area (Å²) in [5, 5.41) is 0. The van der Waals surface area contributed by atoms with Gasteiger partial charge in [0.2, 0.25) is 11.8 Å². The van der Waals surface area contributed by atoms with Gasteiger partial charge in [0.25, 0.3) is 0 Å². The van der Waals surface area contributed by atoms with Gasteiger partial charge in [-0.1, -0.05) is 26.0 Å². The Morgan fingerprint density at radius 1 is 1.15 bits per heavy atom. The molecule has 1 aliphatic heterocycles. The second-order valence-electron chi connectivity index (χ2n) is 6.16. The molecule has 0 radical (unpaired) electrons. The van der Waals surface area contributed by atoms with Crippen LogP contribution in [0.3, 0.4) is 0 Å². The average Bonchev–Trinajstić information content (AvgIpc) is 2.61. The first-order chi connectivity index (χ1) is 9.27. The van der Waals surface area contributed by atoms with E-state index in [4.69, 9.17) is 5.73 Å². The molecular formula is C16H22N2O2. The molecule has 0 spiro atoms. The Kier molecular flexibility index (Phi) is 3.59. The zero-order chi connectivity index (χ0) is 15.1. The predicted molar refractivity (Wildman–Crippen MR) is 78.7 cm³/mol. The van der Waals surface area contributed by atoms with Crippen molar-refractivity contribution in [2.45, 2.75) is 40.2 Å². The molecule has 0 saturated carbocycles. The summed E-state index contributed by atoms with van der Waals surface area (Å²) in [7, 11) is 0. The van der Waals surface area contributed by atoms with Gasteiger partial charge in [-0.3, -0.25) is 14.5 Å². The quantitative estimate of drug-likeness (QED) is 0.681. The van der Waals surface area contributed by atoms with Crippen LogP contribution >= 0.6 is 0 Å². The molecule has 2 unspecified atom stereocenters. The molecule has 108 valence electrons. The van der Waals surface area contributed by atoms with E-state index in [0.29, 0.717) is 12.1 Å². The van der Waals surface area contributed by atoms with E-state index in [1.165, 1.54) is 4.90 Å². The first kappa shape index (κ1) is 14.6. The summed E-state index contributed by atoms with van der Waals surface area (Å²) < 4.78 is 0. The van der Waals surface area contributed by atoms with Crippen molar-refractivity contribution in [2.75, 3.05) is 5.73 Å². The Morgan fingerprint density at radius 3 is 2.15 bits per heavy atom. The van der Waals surface area contributed by atoms with Crippen LogP contribution in [0.5, 0.6) is 0 Å². The molecule has 20 heavy (non-hydrogen) atoms. The van der Waals surface area contributed by atoms with Crippen molar-refractivity contribution in [1.29, 1.82) is 0 Å². The van der Waals surface area contributed by atoms with Crippen LogP contribution in [0, 0.1) is 11.3 Å². The van der Waals surface area contributed by atoms with Crippen molar-refractivity contribution in [3.05, 3.63) is 29.8 Å². The molecule has 1 aliphatic rings. The molecule has 4 nitrogen and oxygen atoms in total. The number of hydrogen-bond donors (Lipinski definition) is 1. The molecule has 1 heterocycles. The van der Waals surface area contributed by atoms with Crippen LogP contribution in [0.4, 0.5) is 5.69 Å². The van der Waals surface area contributed by atoms with Crippen molar-refractivity contribution in [3.63, 3.8) is 0 Å². The SMILES string of the molecule is CC(c1ccc(N)cc1)N1C(=O)CC(C)(C(C)C)C1=O. The van der Waals surface area contributed by atoms with Gasteiger partial charge in [0, 0.05) is 12.1 Å². The molecule has 2 N–H and O–H groups in total. The lowest BCUT2D eigenvalue weighted by Gasteiger charge is -2.29. The van der Waals surface area contributed by atoms with Crippen molar-refractivity contribution in [1.82, 2.24) is 4.90 Å². The number of amides is 2. The summed E-state index contributed by atoms with van der Waals surface area (Å²) in [6, 6.07) is 7.06. The highest BCUT2D eigenvalue weighted by Gasteiger charge is 2.51. The number of likely N-dealkylation sites (tertiary alicyclic amines) is 1. The molecule has 1 aromatic rings. The maximum Gasteiger partial charge on any atom is 0.236 e. The van der Waals surface area contributed by atoms with Crippen LogP contribution in [-0.2, 0) is 9.59 Å². The maximum absolute atomic E-state index is 12.6. The highest BCUT2D eigenvalue weighted by Crippen LogP contribution is 2.42. The number of imide groups is 1. The van der Waals surface area contributed by atoms with Gasteiger partial charge in [-0.2, -0.15) is 0 Å². The summed E-state index contributed by atoms with van der Waals surface area (Å²) in [4.78, 5) is 26.3. The van der Waals surface area contributed by atoms with Gasteiger partial charge in [-0.15, -0.1) is 0 Å². The van der Waals surface area contributed by atoms with Crippen molar-refractivity contribution >= 4 is 17.5 Å². The minimum absolute atomic E-state index is 0.0678. The Hall–Kier alpha value is -1.84. The van der Waals surface area contributed by atoms with E-state index in [9.17, 15) is 9.59 Å². The second kappa shape index (κ2) is 4.93. The number of nitrogens with zero attached hydrogens (tertiary/aromatic N) is 1. The molecule has 0 aromatic heterocycles. The number of rotatable bonds is 3. The second-order valence-corrected chi connectivity index (χ2v) is 6.16. The van der Waals surface area contributed by atoms with E-state index in [0.717, 1.165) is 5.56 Å². The monoisotopic (exact) mass is 274 g/mol. The summed E-state index contributed by atoms with van der Waals surface area (Å²) in [5.74, 6) is -0.0140. The fraction of sp³-hybridized carbons (Fsp3) is 0.500. The average molecular weight is 274 g/mol. The summed E-state index contributed by atoms with van der Waals surface area (Å²) in [6.45, 7) is 7.74. The third-order valence-corrected chi connectivity index (χ3v) is 4.57. The molecule has 0 bridgehead atoms. The van der Waals surface area contributed by atoms with Gasteiger partial charge < -0.3 is 5.73 Å². The van der Waals surface area contributed by atoms with Gasteiger partial charge in [0.1, 0.15) is 0 Å². The maximum atomic E-state index is 12.6. The van der Waals surface area contributed by atoms with Gasteiger partial charge in [0.15, 0.2) is 0 Å². The third-order valence-electron chi connectivity index (χ3n) is 4.57. The number of benzene rings is 1. The fourth-order valence-corrected chi connectivity index (χ4v) is 2.63. The van der Waals surface area contributed by atoms with Gasteiger partial charge in [-0.05, 0) is 37.5 Å². The summed E-state index contributed by atoms with van der Waals surface area (Å²) >= 11 is 0. The van der Waals surface area contributed by atoms with E-state index in [-0.39, 0.29) is 23.8 Å². The molecular weight excluding hydrogens is 252 g/mol. The lowest BCUT2D eigenvalue weighted by molar-refractivity contribution is -0.144. The van der Waals surface area contributed by atoms with Crippen LogP contribution < -0.4 is 5.73 Å². The fourth-order valence-electron chi connectivity index (χ4n) is 2.63. The van der Waals surface area contributed by atoms with Crippen LogP contribution in [0.15, 0.2) is 24.3 Å². The standard InChI is InChI=1S/C16H22N2O2/c1-10(2)16(4)9-14(19)18(15(16)20)11(3)12-5-7-13(17)8-6-12/h5-8,10-11H,9,17H2,1-4H3. The van der Waals surface area contributed by atoms with E-state index in [1.54, 1.807) is 12.1 Å². The summed E-state index contributed by atoms with van der Waals surface area (Å²) in [6.07, 6.45) is 0.294. The first-order valence-corrected chi connectivity index (χ1v) is 6.99. The molecule has 1 saturated heterocycles. The Bertz CT molecular complexity index is 536. The first-order valence-electron chi connectivity index (χ1n) is 6.99. The molecule has 1 aromatic carbocycles. The van der Waals surface area contributed by atoms with E-state index < -0.39 is 5.41 Å². The number of anilines is 1. The van der Waals surface area contributed by atoms with Crippen LogP contribution in [-0.4, -0.2) is 16.7 Å². The third kappa shape index (κ3) is 2.19. The van der Waals surface area contributed by atoms with Crippen molar-refractivity contribution in [2.24, 2.45) is 11.3 Å². The molecule has 1 fully saturated rings. The smallest absolute Gasteiger partial charge is 0.236 e. The molecule has 2 amide bonds. The number of nitrogens with two attached hydrogens (primary N) is 1. The lowest BCUT2D eigenvalue weighted by Crippen LogP contribution is -2.38. The van der Waals surface area contributed by atoms with Crippen LogP contribution in [0.2, 0.25) is 0 Å². The van der Waals surface area contributed by atoms with Gasteiger partial charge in [0.05, 0.1) is 11.5 Å². The number of nitrogen functional groups attached to an aromatic ring is 1. The summed E-state index contributed by atoms with van der Waals surface area (Å²) in [5.41, 5.74) is 6.68. The van der Waals surface area contributed by atoms with E-state index >= 15 is 0 Å². The largest absolute Gasteiger partial charge is 0.399 e. The Balaban J connectivity index is 2.31. The zero-order valence-electron chi connectivity index (χ0n) is 12.5. The molecule has 0 aliphatic carbocycles. The normalized spacial score (nSPS) is 24.6. The zero-order valence-corrected chi connectivity index (χ0v) is 12.5. The highest BCUT2D eigenvalue weighted by molar-refractivity contribution is 6.06. The Morgan fingerprint density at radius 2 is 1.70 bits per heavy atom.